The fraction of sp³-hybridized carbons (Fsp3) is 0.562. The molecule has 20 heavy (non-hydrogen) atoms. The van der Waals surface area contributed by atoms with Crippen LogP contribution in [0.5, 0.6) is 0 Å². The molecule has 2 atom stereocenters. The minimum Gasteiger partial charge on any atom is -0.299 e. The highest BCUT2D eigenvalue weighted by Gasteiger charge is 2.34. The Kier molecular flexibility index (Phi) is 3.73. The second kappa shape index (κ2) is 5.51. The zero-order chi connectivity index (χ0) is 14.1. The molecule has 0 aromatic heterocycles. The van der Waals surface area contributed by atoms with Gasteiger partial charge in [0, 0.05) is 37.3 Å². The molecule has 0 saturated carbocycles. The Morgan fingerprint density at radius 1 is 1.30 bits per heavy atom. The Morgan fingerprint density at radius 3 is 2.85 bits per heavy atom. The van der Waals surface area contributed by atoms with E-state index in [2.05, 4.69) is 16.8 Å². The Hall–Kier alpha value is -1.44. The molecule has 3 nitrogen and oxygen atoms in total. The first-order valence-electron chi connectivity index (χ1n) is 7.30. The maximum Gasteiger partial charge on any atom is 0.129 e. The van der Waals surface area contributed by atoms with Gasteiger partial charge in [-0.1, -0.05) is 6.07 Å². The molecular formula is C16H20FN3. The van der Waals surface area contributed by atoms with Crippen LogP contribution in [0.2, 0.25) is 0 Å². The molecule has 4 heteroatoms. The van der Waals surface area contributed by atoms with Crippen LogP contribution in [0.25, 0.3) is 0 Å². The van der Waals surface area contributed by atoms with Gasteiger partial charge in [-0.3, -0.25) is 9.80 Å². The molecular weight excluding hydrogens is 253 g/mol. The predicted molar refractivity (Wildman–Crippen MR) is 75.6 cm³/mol. The van der Waals surface area contributed by atoms with Crippen LogP contribution < -0.4 is 0 Å². The standard InChI is InChI=1S/C16H20FN3/c1-19-14-4-5-15(19)11-20(7-6-14)10-13-3-2-12(9-18)8-16(13)17/h2-3,8,14-15H,4-7,10-11H2,1H3. The molecule has 1 aromatic carbocycles. The highest BCUT2D eigenvalue weighted by Crippen LogP contribution is 2.29. The topological polar surface area (TPSA) is 30.3 Å². The number of nitrogens with zero attached hydrogens (tertiary/aromatic N) is 3. The van der Waals surface area contributed by atoms with Crippen LogP contribution in [0.4, 0.5) is 4.39 Å². The van der Waals surface area contributed by atoms with E-state index in [9.17, 15) is 4.39 Å². The summed E-state index contributed by atoms with van der Waals surface area (Å²) in [6, 6.07) is 8.09. The van der Waals surface area contributed by atoms with Crippen molar-refractivity contribution in [1.29, 1.82) is 5.26 Å². The summed E-state index contributed by atoms with van der Waals surface area (Å²) < 4.78 is 14.0. The number of nitriles is 1. The van der Waals surface area contributed by atoms with Crippen LogP contribution in [0.3, 0.4) is 0 Å². The van der Waals surface area contributed by atoms with E-state index in [0.29, 0.717) is 29.8 Å². The average Bonchev–Trinajstić information content (AvgIpc) is 2.69. The van der Waals surface area contributed by atoms with Crippen molar-refractivity contribution in [2.24, 2.45) is 0 Å². The van der Waals surface area contributed by atoms with E-state index in [1.807, 2.05) is 6.07 Å². The molecule has 0 radical (unpaired) electrons. The SMILES string of the molecule is CN1C2CCC1CN(Cc1ccc(C#N)cc1F)CC2. The number of rotatable bonds is 2. The van der Waals surface area contributed by atoms with Gasteiger partial charge in [0.15, 0.2) is 0 Å². The Morgan fingerprint density at radius 2 is 2.10 bits per heavy atom. The van der Waals surface area contributed by atoms with Crippen LogP contribution in [0, 0.1) is 17.1 Å². The minimum absolute atomic E-state index is 0.258. The van der Waals surface area contributed by atoms with Gasteiger partial charge >= 0.3 is 0 Å². The fourth-order valence-corrected chi connectivity index (χ4v) is 3.51. The summed E-state index contributed by atoms with van der Waals surface area (Å²) in [6.07, 6.45) is 3.73. The van der Waals surface area contributed by atoms with Gasteiger partial charge in [-0.15, -0.1) is 0 Å². The first-order chi connectivity index (χ1) is 9.67. The van der Waals surface area contributed by atoms with E-state index < -0.39 is 0 Å². The predicted octanol–water partition coefficient (Wildman–Crippen LogP) is 2.37. The molecule has 0 N–H and O–H groups in total. The largest absolute Gasteiger partial charge is 0.299 e. The molecule has 2 aliphatic rings. The summed E-state index contributed by atoms with van der Waals surface area (Å²) in [5, 5.41) is 8.78. The van der Waals surface area contributed by atoms with Crippen molar-refractivity contribution in [3.05, 3.63) is 35.1 Å². The lowest BCUT2D eigenvalue weighted by Gasteiger charge is -2.25. The van der Waals surface area contributed by atoms with Crippen molar-refractivity contribution in [1.82, 2.24) is 9.80 Å². The van der Waals surface area contributed by atoms with Gasteiger partial charge in [-0.05, 0) is 38.4 Å². The van der Waals surface area contributed by atoms with Crippen molar-refractivity contribution in [2.75, 3.05) is 20.1 Å². The lowest BCUT2D eigenvalue weighted by Crippen LogP contribution is -2.36. The summed E-state index contributed by atoms with van der Waals surface area (Å²) >= 11 is 0. The number of likely N-dealkylation sites (N-methyl/N-ethyl adjacent to an activating group) is 1. The van der Waals surface area contributed by atoms with Gasteiger partial charge in [0.2, 0.25) is 0 Å². The number of halogens is 1. The summed E-state index contributed by atoms with van der Waals surface area (Å²) in [5.41, 5.74) is 1.09. The van der Waals surface area contributed by atoms with Gasteiger partial charge in [-0.25, -0.2) is 4.39 Å². The van der Waals surface area contributed by atoms with E-state index in [0.717, 1.165) is 13.1 Å². The van der Waals surface area contributed by atoms with Gasteiger partial charge in [0.25, 0.3) is 0 Å². The quantitative estimate of drug-likeness (QED) is 0.828. The van der Waals surface area contributed by atoms with Crippen LogP contribution in [-0.2, 0) is 6.54 Å². The lowest BCUT2D eigenvalue weighted by atomic mass is 10.1. The average molecular weight is 273 g/mol. The second-order valence-electron chi connectivity index (χ2n) is 5.99. The zero-order valence-electron chi connectivity index (χ0n) is 11.8. The van der Waals surface area contributed by atoms with E-state index >= 15 is 0 Å². The molecule has 2 fully saturated rings. The number of fused-ring (bicyclic) bond motifs is 2. The van der Waals surface area contributed by atoms with Crippen molar-refractivity contribution >= 4 is 0 Å². The highest BCUT2D eigenvalue weighted by molar-refractivity contribution is 5.32. The molecule has 2 heterocycles. The van der Waals surface area contributed by atoms with Gasteiger partial charge < -0.3 is 0 Å². The third kappa shape index (κ3) is 2.56. The molecule has 2 bridgehead atoms. The van der Waals surface area contributed by atoms with E-state index in [4.69, 9.17) is 5.26 Å². The van der Waals surface area contributed by atoms with Crippen molar-refractivity contribution in [2.45, 2.75) is 37.9 Å². The number of hydrogen-bond acceptors (Lipinski definition) is 3. The third-order valence-corrected chi connectivity index (χ3v) is 4.81. The summed E-state index contributed by atoms with van der Waals surface area (Å²) in [7, 11) is 2.22. The molecule has 106 valence electrons. The Bertz CT molecular complexity index is 537. The van der Waals surface area contributed by atoms with E-state index in [1.165, 1.54) is 25.3 Å². The van der Waals surface area contributed by atoms with Crippen LogP contribution in [0.1, 0.15) is 30.4 Å². The first kappa shape index (κ1) is 13.5. The number of likely N-dealkylation sites (tertiary alicyclic amines) is 1. The monoisotopic (exact) mass is 273 g/mol. The second-order valence-corrected chi connectivity index (χ2v) is 5.99. The minimum atomic E-state index is -0.258. The molecule has 0 spiro atoms. The first-order valence-corrected chi connectivity index (χ1v) is 7.30. The van der Waals surface area contributed by atoms with E-state index in [1.54, 1.807) is 12.1 Å². The fourth-order valence-electron chi connectivity index (χ4n) is 3.51. The molecule has 2 aliphatic heterocycles. The summed E-state index contributed by atoms with van der Waals surface area (Å²) in [5.74, 6) is -0.258. The summed E-state index contributed by atoms with van der Waals surface area (Å²) in [4.78, 5) is 4.85. The maximum absolute atomic E-state index is 14.0. The third-order valence-electron chi connectivity index (χ3n) is 4.81. The number of benzene rings is 1. The van der Waals surface area contributed by atoms with Crippen LogP contribution in [0.15, 0.2) is 18.2 Å². The molecule has 1 aromatic rings. The van der Waals surface area contributed by atoms with Crippen molar-refractivity contribution in [3.63, 3.8) is 0 Å². The smallest absolute Gasteiger partial charge is 0.129 e. The normalized spacial score (nSPS) is 27.2. The van der Waals surface area contributed by atoms with Gasteiger partial charge in [0.1, 0.15) is 5.82 Å². The molecule has 2 unspecified atom stereocenters. The van der Waals surface area contributed by atoms with Crippen LogP contribution in [-0.4, -0.2) is 42.0 Å². The molecule has 0 aliphatic carbocycles. The molecule has 2 saturated heterocycles. The van der Waals surface area contributed by atoms with Gasteiger partial charge in [0.05, 0.1) is 11.6 Å². The van der Waals surface area contributed by atoms with Gasteiger partial charge in [-0.2, -0.15) is 5.26 Å². The molecule has 3 rings (SSSR count). The summed E-state index contributed by atoms with van der Waals surface area (Å²) in [6.45, 7) is 2.70. The Labute approximate surface area is 119 Å². The zero-order valence-corrected chi connectivity index (χ0v) is 11.8. The Balaban J connectivity index is 1.71. The van der Waals surface area contributed by atoms with Crippen molar-refractivity contribution < 1.29 is 4.39 Å². The van der Waals surface area contributed by atoms with Crippen LogP contribution >= 0.6 is 0 Å². The van der Waals surface area contributed by atoms with Crippen molar-refractivity contribution in [3.8, 4) is 6.07 Å². The lowest BCUT2D eigenvalue weighted by molar-refractivity contribution is 0.213. The number of hydrogen-bond donors (Lipinski definition) is 0. The molecule has 0 amide bonds. The maximum atomic E-state index is 14.0. The highest BCUT2D eigenvalue weighted by atomic mass is 19.1. The van der Waals surface area contributed by atoms with E-state index in [-0.39, 0.29) is 5.82 Å².